The predicted octanol–water partition coefficient (Wildman–Crippen LogP) is 2.82. The summed E-state index contributed by atoms with van der Waals surface area (Å²) in [6.07, 6.45) is 6.47. The monoisotopic (exact) mass is 277 g/mol. The van der Waals surface area contributed by atoms with Crippen LogP contribution in [0.4, 0.5) is 0 Å². The number of hydrogen-bond donors (Lipinski definition) is 0. The molecule has 1 aliphatic heterocycles. The highest BCUT2D eigenvalue weighted by Crippen LogP contribution is 2.27. The summed E-state index contributed by atoms with van der Waals surface area (Å²) in [4.78, 5) is 11.5. The molecule has 20 heavy (non-hydrogen) atoms. The molecule has 0 unspecified atom stereocenters. The summed E-state index contributed by atoms with van der Waals surface area (Å²) in [6.45, 7) is 11.4. The third-order valence-electron chi connectivity index (χ3n) is 4.02. The Morgan fingerprint density at radius 2 is 1.90 bits per heavy atom. The summed E-state index contributed by atoms with van der Waals surface area (Å²) >= 11 is 0. The number of piperidine rings is 1. The second-order valence-electron chi connectivity index (χ2n) is 5.84. The number of nitrogens with zero attached hydrogens (tertiary/aromatic N) is 3. The van der Waals surface area contributed by atoms with Crippen LogP contribution in [0.25, 0.3) is 0 Å². The summed E-state index contributed by atoms with van der Waals surface area (Å²) in [5, 5.41) is 0. The van der Waals surface area contributed by atoms with E-state index in [2.05, 4.69) is 28.7 Å². The second kappa shape index (κ2) is 7.70. The predicted molar refractivity (Wildman–Crippen MR) is 81.0 cm³/mol. The molecule has 1 fully saturated rings. The molecule has 4 nitrogen and oxygen atoms in total. The first-order chi connectivity index (χ1) is 9.70. The second-order valence-corrected chi connectivity index (χ2v) is 5.84. The van der Waals surface area contributed by atoms with E-state index < -0.39 is 0 Å². The molecule has 1 aromatic rings. The van der Waals surface area contributed by atoms with Gasteiger partial charge in [-0.1, -0.05) is 13.8 Å². The Kier molecular flexibility index (Phi) is 5.92. The fraction of sp³-hybridized carbons (Fsp3) is 0.750. The van der Waals surface area contributed by atoms with Crippen molar-refractivity contribution in [1.29, 1.82) is 0 Å². The van der Waals surface area contributed by atoms with E-state index in [0.717, 1.165) is 38.7 Å². The van der Waals surface area contributed by atoms with Crippen LogP contribution in [0.1, 0.15) is 56.8 Å². The summed E-state index contributed by atoms with van der Waals surface area (Å²) in [6, 6.07) is 0. The van der Waals surface area contributed by atoms with Gasteiger partial charge in [0.1, 0.15) is 5.82 Å². The van der Waals surface area contributed by atoms with Crippen LogP contribution in [0.5, 0.6) is 0 Å². The highest BCUT2D eigenvalue weighted by molar-refractivity contribution is 5.13. The van der Waals surface area contributed by atoms with E-state index in [4.69, 9.17) is 4.74 Å². The Balaban J connectivity index is 1.81. The maximum absolute atomic E-state index is 5.42. The zero-order chi connectivity index (χ0) is 14.4. The minimum absolute atomic E-state index is 0.407. The number of rotatable bonds is 6. The standard InChI is InChI=1S/C16H27N3O/c1-4-20-10-9-19-7-5-14(6-8-19)15-11-17-16(13(2)3)18-12-15/h11-14H,4-10H2,1-3H3. The molecule has 1 aliphatic rings. The van der Waals surface area contributed by atoms with Gasteiger partial charge in [0.05, 0.1) is 6.61 Å². The molecule has 2 rings (SSSR count). The highest BCUT2D eigenvalue weighted by atomic mass is 16.5. The largest absolute Gasteiger partial charge is 0.380 e. The van der Waals surface area contributed by atoms with Crippen LogP contribution in [0.15, 0.2) is 12.4 Å². The Labute approximate surface area is 122 Å². The van der Waals surface area contributed by atoms with Crippen molar-refractivity contribution in [3.63, 3.8) is 0 Å². The quantitative estimate of drug-likeness (QED) is 0.749. The fourth-order valence-corrected chi connectivity index (χ4v) is 2.68. The molecule has 0 N–H and O–H groups in total. The van der Waals surface area contributed by atoms with Crippen LogP contribution < -0.4 is 0 Å². The van der Waals surface area contributed by atoms with Gasteiger partial charge in [0, 0.05) is 31.5 Å². The van der Waals surface area contributed by atoms with Crippen LogP contribution in [0.2, 0.25) is 0 Å². The SMILES string of the molecule is CCOCCN1CCC(c2cnc(C(C)C)nc2)CC1. The number of likely N-dealkylation sites (tertiary alicyclic amines) is 1. The number of ether oxygens (including phenoxy) is 1. The Bertz CT molecular complexity index is 383. The zero-order valence-corrected chi connectivity index (χ0v) is 13.0. The van der Waals surface area contributed by atoms with Crippen molar-refractivity contribution in [3.8, 4) is 0 Å². The molecule has 0 radical (unpaired) electrons. The summed E-state index contributed by atoms with van der Waals surface area (Å²) in [5.41, 5.74) is 1.30. The average molecular weight is 277 g/mol. The summed E-state index contributed by atoms with van der Waals surface area (Å²) in [7, 11) is 0. The zero-order valence-electron chi connectivity index (χ0n) is 13.0. The van der Waals surface area contributed by atoms with E-state index in [1.54, 1.807) is 0 Å². The number of hydrogen-bond acceptors (Lipinski definition) is 4. The van der Waals surface area contributed by atoms with Crippen molar-refractivity contribution in [2.24, 2.45) is 0 Å². The van der Waals surface area contributed by atoms with Crippen molar-refractivity contribution < 1.29 is 4.74 Å². The lowest BCUT2D eigenvalue weighted by atomic mass is 9.91. The van der Waals surface area contributed by atoms with Crippen LogP contribution in [0.3, 0.4) is 0 Å². The van der Waals surface area contributed by atoms with Gasteiger partial charge in [-0.2, -0.15) is 0 Å². The van der Waals surface area contributed by atoms with Gasteiger partial charge >= 0.3 is 0 Å². The molecule has 112 valence electrons. The van der Waals surface area contributed by atoms with E-state index in [1.165, 1.54) is 18.4 Å². The first-order valence-corrected chi connectivity index (χ1v) is 7.82. The minimum Gasteiger partial charge on any atom is -0.380 e. The molecule has 4 heteroatoms. The molecule has 0 spiro atoms. The van der Waals surface area contributed by atoms with E-state index in [0.29, 0.717) is 11.8 Å². The lowest BCUT2D eigenvalue weighted by molar-refractivity contribution is 0.102. The third kappa shape index (κ3) is 4.25. The summed E-state index contributed by atoms with van der Waals surface area (Å²) < 4.78 is 5.42. The molecule has 0 bridgehead atoms. The lowest BCUT2D eigenvalue weighted by Gasteiger charge is -2.31. The molecule has 1 aromatic heterocycles. The van der Waals surface area contributed by atoms with Gasteiger partial charge in [-0.15, -0.1) is 0 Å². The van der Waals surface area contributed by atoms with Crippen LogP contribution in [-0.2, 0) is 4.74 Å². The van der Waals surface area contributed by atoms with Crippen molar-refractivity contribution in [1.82, 2.24) is 14.9 Å². The minimum atomic E-state index is 0.407. The van der Waals surface area contributed by atoms with Crippen molar-refractivity contribution >= 4 is 0 Å². The van der Waals surface area contributed by atoms with Crippen LogP contribution >= 0.6 is 0 Å². The molecule has 1 saturated heterocycles. The molecule has 0 aliphatic carbocycles. The van der Waals surface area contributed by atoms with Gasteiger partial charge < -0.3 is 9.64 Å². The third-order valence-corrected chi connectivity index (χ3v) is 4.02. The van der Waals surface area contributed by atoms with E-state index in [1.807, 2.05) is 19.3 Å². The van der Waals surface area contributed by atoms with Crippen LogP contribution in [-0.4, -0.2) is 47.7 Å². The van der Waals surface area contributed by atoms with Gasteiger partial charge in [0.15, 0.2) is 0 Å². The average Bonchev–Trinajstić information content (AvgIpc) is 2.48. The molecular formula is C16H27N3O. The van der Waals surface area contributed by atoms with Crippen LogP contribution in [0, 0.1) is 0 Å². The van der Waals surface area contributed by atoms with Gasteiger partial charge in [0.25, 0.3) is 0 Å². The van der Waals surface area contributed by atoms with Gasteiger partial charge in [0.2, 0.25) is 0 Å². The first kappa shape index (κ1) is 15.4. The Morgan fingerprint density at radius 3 is 2.45 bits per heavy atom. The van der Waals surface area contributed by atoms with Gasteiger partial charge in [-0.3, -0.25) is 0 Å². The first-order valence-electron chi connectivity index (χ1n) is 7.82. The molecule has 0 atom stereocenters. The molecular weight excluding hydrogens is 250 g/mol. The van der Waals surface area contributed by atoms with Crippen molar-refractivity contribution in [2.75, 3.05) is 32.8 Å². The van der Waals surface area contributed by atoms with Gasteiger partial charge in [-0.05, 0) is 44.3 Å². The highest BCUT2D eigenvalue weighted by Gasteiger charge is 2.21. The molecule has 2 heterocycles. The smallest absolute Gasteiger partial charge is 0.130 e. The maximum atomic E-state index is 5.42. The Morgan fingerprint density at radius 1 is 1.25 bits per heavy atom. The lowest BCUT2D eigenvalue weighted by Crippen LogP contribution is -2.35. The molecule has 0 aromatic carbocycles. The molecule has 0 saturated carbocycles. The number of aromatic nitrogens is 2. The van der Waals surface area contributed by atoms with Crippen molar-refractivity contribution in [3.05, 3.63) is 23.8 Å². The maximum Gasteiger partial charge on any atom is 0.130 e. The Hall–Kier alpha value is -1.00. The normalized spacial score (nSPS) is 17.8. The topological polar surface area (TPSA) is 38.2 Å². The summed E-state index contributed by atoms with van der Waals surface area (Å²) in [5.74, 6) is 1.98. The van der Waals surface area contributed by atoms with Gasteiger partial charge in [-0.25, -0.2) is 9.97 Å². The van der Waals surface area contributed by atoms with E-state index >= 15 is 0 Å². The van der Waals surface area contributed by atoms with Crippen molar-refractivity contribution in [2.45, 2.75) is 45.4 Å². The fourth-order valence-electron chi connectivity index (χ4n) is 2.68. The molecule has 0 amide bonds. The van der Waals surface area contributed by atoms with E-state index in [-0.39, 0.29) is 0 Å². The van der Waals surface area contributed by atoms with E-state index in [9.17, 15) is 0 Å².